The third-order valence-corrected chi connectivity index (χ3v) is 5.77. The Morgan fingerprint density at radius 1 is 1.38 bits per heavy atom. The second-order valence-electron chi connectivity index (χ2n) is 4.66. The number of nitrogens with one attached hydrogen (secondary N) is 2. The van der Waals surface area contributed by atoms with Gasteiger partial charge in [-0.25, -0.2) is 13.1 Å². The third-order valence-electron chi connectivity index (χ3n) is 2.90. The summed E-state index contributed by atoms with van der Waals surface area (Å²) >= 11 is 1.46. The van der Waals surface area contributed by atoms with Crippen molar-refractivity contribution in [2.24, 2.45) is 0 Å². The van der Waals surface area contributed by atoms with Crippen LogP contribution in [0.15, 0.2) is 27.1 Å². The number of aromatic nitrogens is 1. The first kappa shape index (κ1) is 16.2. The number of thiophene rings is 1. The van der Waals surface area contributed by atoms with Crippen LogP contribution in [-0.4, -0.2) is 20.1 Å². The van der Waals surface area contributed by atoms with Gasteiger partial charge in [0.05, 0.1) is 12.2 Å². The standard InChI is InChI=1S/C13H19N3O3S2/c1-3-5-14-8-12-13(10(2)9-20-12)21(17,18)15-7-11-4-6-19-16-11/h4,6,9,14-15H,3,5,7-8H2,1-2H3. The first-order valence-corrected chi connectivity index (χ1v) is 9.07. The molecule has 2 aromatic rings. The first-order chi connectivity index (χ1) is 10.0. The number of nitrogens with zero attached hydrogens (tertiary/aromatic N) is 1. The van der Waals surface area contributed by atoms with Gasteiger partial charge in [0, 0.05) is 17.5 Å². The predicted molar refractivity (Wildman–Crippen MR) is 81.6 cm³/mol. The van der Waals surface area contributed by atoms with Crippen molar-refractivity contribution in [3.8, 4) is 0 Å². The summed E-state index contributed by atoms with van der Waals surface area (Å²) in [5, 5.41) is 8.80. The molecular weight excluding hydrogens is 310 g/mol. The number of hydrogen-bond donors (Lipinski definition) is 2. The molecule has 0 aliphatic heterocycles. The normalized spacial score (nSPS) is 11.9. The molecule has 116 valence electrons. The van der Waals surface area contributed by atoms with Crippen LogP contribution >= 0.6 is 11.3 Å². The molecule has 2 aromatic heterocycles. The minimum absolute atomic E-state index is 0.121. The number of hydrogen-bond acceptors (Lipinski definition) is 6. The van der Waals surface area contributed by atoms with Gasteiger partial charge in [0.2, 0.25) is 10.0 Å². The highest BCUT2D eigenvalue weighted by Gasteiger charge is 2.22. The smallest absolute Gasteiger partial charge is 0.242 e. The van der Waals surface area contributed by atoms with Gasteiger partial charge in [-0.2, -0.15) is 0 Å². The average molecular weight is 329 g/mol. The molecule has 0 aromatic carbocycles. The Bertz CT molecular complexity index is 663. The number of sulfonamides is 1. The fourth-order valence-electron chi connectivity index (χ4n) is 1.92. The van der Waals surface area contributed by atoms with Gasteiger partial charge < -0.3 is 9.84 Å². The zero-order valence-electron chi connectivity index (χ0n) is 12.0. The van der Waals surface area contributed by atoms with Crippen LogP contribution in [0, 0.1) is 6.92 Å². The molecule has 0 amide bonds. The van der Waals surface area contributed by atoms with Crippen LogP contribution < -0.4 is 10.0 Å². The summed E-state index contributed by atoms with van der Waals surface area (Å²) in [5.74, 6) is 0. The molecule has 0 radical (unpaired) electrons. The molecule has 0 fully saturated rings. The highest BCUT2D eigenvalue weighted by atomic mass is 32.2. The fourth-order valence-corrected chi connectivity index (χ4v) is 4.69. The van der Waals surface area contributed by atoms with Gasteiger partial charge in [0.1, 0.15) is 11.2 Å². The second-order valence-corrected chi connectivity index (χ2v) is 7.33. The number of rotatable bonds is 8. The highest BCUT2D eigenvalue weighted by Crippen LogP contribution is 2.26. The Balaban J connectivity index is 2.13. The van der Waals surface area contributed by atoms with Crippen molar-refractivity contribution in [1.29, 1.82) is 0 Å². The van der Waals surface area contributed by atoms with E-state index in [1.807, 2.05) is 12.3 Å². The van der Waals surface area contributed by atoms with E-state index < -0.39 is 10.0 Å². The Kier molecular flexibility index (Phi) is 5.51. The molecule has 0 aliphatic carbocycles. The van der Waals surface area contributed by atoms with Gasteiger partial charge in [-0.3, -0.25) is 0 Å². The molecule has 21 heavy (non-hydrogen) atoms. The van der Waals surface area contributed by atoms with E-state index in [0.29, 0.717) is 17.1 Å². The lowest BCUT2D eigenvalue weighted by Crippen LogP contribution is -2.25. The van der Waals surface area contributed by atoms with Crippen molar-refractivity contribution in [3.05, 3.63) is 33.8 Å². The summed E-state index contributed by atoms with van der Waals surface area (Å²) in [6.07, 6.45) is 2.43. The third kappa shape index (κ3) is 4.13. The summed E-state index contributed by atoms with van der Waals surface area (Å²) in [5.41, 5.74) is 1.32. The van der Waals surface area contributed by atoms with Crippen molar-refractivity contribution in [3.63, 3.8) is 0 Å². The van der Waals surface area contributed by atoms with Crippen LogP contribution in [0.3, 0.4) is 0 Å². The van der Waals surface area contributed by atoms with Crippen LogP contribution in [0.5, 0.6) is 0 Å². The van der Waals surface area contributed by atoms with E-state index in [2.05, 4.69) is 22.1 Å². The quantitative estimate of drug-likeness (QED) is 0.724. The zero-order chi connectivity index (χ0) is 15.3. The molecule has 0 saturated heterocycles. The minimum atomic E-state index is -3.55. The van der Waals surface area contributed by atoms with Crippen molar-refractivity contribution in [2.75, 3.05) is 6.54 Å². The van der Waals surface area contributed by atoms with Crippen LogP contribution in [0.1, 0.15) is 29.5 Å². The van der Waals surface area contributed by atoms with E-state index in [-0.39, 0.29) is 6.54 Å². The van der Waals surface area contributed by atoms with Crippen molar-refractivity contribution >= 4 is 21.4 Å². The summed E-state index contributed by atoms with van der Waals surface area (Å²) in [6.45, 7) is 5.43. The largest absolute Gasteiger partial charge is 0.364 e. The molecule has 0 aliphatic rings. The lowest BCUT2D eigenvalue weighted by atomic mass is 10.3. The molecule has 6 nitrogen and oxygen atoms in total. The van der Waals surface area contributed by atoms with Gasteiger partial charge in [0.25, 0.3) is 0 Å². The van der Waals surface area contributed by atoms with E-state index in [4.69, 9.17) is 4.52 Å². The lowest BCUT2D eigenvalue weighted by Gasteiger charge is -2.09. The molecule has 2 rings (SSSR count). The number of aryl methyl sites for hydroxylation is 1. The van der Waals surface area contributed by atoms with E-state index >= 15 is 0 Å². The summed E-state index contributed by atoms with van der Waals surface area (Å²) in [4.78, 5) is 1.20. The zero-order valence-corrected chi connectivity index (χ0v) is 13.7. The van der Waals surface area contributed by atoms with Crippen molar-refractivity contribution < 1.29 is 12.9 Å². The molecule has 8 heteroatoms. The molecular formula is C13H19N3O3S2. The topological polar surface area (TPSA) is 84.2 Å². The van der Waals surface area contributed by atoms with E-state index in [1.54, 1.807) is 6.07 Å². The van der Waals surface area contributed by atoms with Gasteiger partial charge >= 0.3 is 0 Å². The van der Waals surface area contributed by atoms with Gasteiger partial charge in [-0.1, -0.05) is 12.1 Å². The molecule has 0 atom stereocenters. The molecule has 0 spiro atoms. The minimum Gasteiger partial charge on any atom is -0.364 e. The van der Waals surface area contributed by atoms with Crippen LogP contribution in [0.4, 0.5) is 0 Å². The van der Waals surface area contributed by atoms with Gasteiger partial charge in [0.15, 0.2) is 0 Å². The van der Waals surface area contributed by atoms with E-state index in [9.17, 15) is 8.42 Å². The SMILES string of the molecule is CCCNCc1scc(C)c1S(=O)(=O)NCc1ccon1. The predicted octanol–water partition coefficient (Wildman–Crippen LogP) is 2.02. The summed E-state index contributed by atoms with van der Waals surface area (Å²) < 4.78 is 32.2. The molecule has 0 bridgehead atoms. The van der Waals surface area contributed by atoms with Crippen molar-refractivity contribution in [1.82, 2.24) is 15.2 Å². The Morgan fingerprint density at radius 2 is 2.19 bits per heavy atom. The monoisotopic (exact) mass is 329 g/mol. The van der Waals surface area contributed by atoms with Gasteiger partial charge in [-0.05, 0) is 30.8 Å². The molecule has 2 heterocycles. The Hall–Kier alpha value is -1.22. The second kappa shape index (κ2) is 7.17. The maximum Gasteiger partial charge on any atom is 0.242 e. The molecule has 0 unspecified atom stereocenters. The van der Waals surface area contributed by atoms with Crippen LogP contribution in [0.2, 0.25) is 0 Å². The first-order valence-electron chi connectivity index (χ1n) is 6.71. The summed E-state index contributed by atoms with van der Waals surface area (Å²) in [6, 6.07) is 1.63. The van der Waals surface area contributed by atoms with Gasteiger partial charge in [-0.15, -0.1) is 11.3 Å². The maximum atomic E-state index is 12.5. The highest BCUT2D eigenvalue weighted by molar-refractivity contribution is 7.89. The maximum absolute atomic E-state index is 12.5. The lowest BCUT2D eigenvalue weighted by molar-refractivity contribution is 0.411. The average Bonchev–Trinajstić information content (AvgIpc) is 3.07. The molecule has 0 saturated carbocycles. The Labute approximate surface area is 128 Å². The van der Waals surface area contributed by atoms with E-state index in [0.717, 1.165) is 23.4 Å². The fraction of sp³-hybridized carbons (Fsp3) is 0.462. The molecule has 2 N–H and O–H groups in total. The Morgan fingerprint density at radius 3 is 2.86 bits per heavy atom. The van der Waals surface area contributed by atoms with Crippen LogP contribution in [-0.2, 0) is 23.1 Å². The van der Waals surface area contributed by atoms with Crippen LogP contribution in [0.25, 0.3) is 0 Å². The van der Waals surface area contributed by atoms with E-state index in [1.165, 1.54) is 17.6 Å². The van der Waals surface area contributed by atoms with Crippen molar-refractivity contribution in [2.45, 2.75) is 38.3 Å². The summed E-state index contributed by atoms with van der Waals surface area (Å²) in [7, 11) is -3.55.